The van der Waals surface area contributed by atoms with Crippen molar-refractivity contribution in [1.29, 1.82) is 0 Å². The van der Waals surface area contributed by atoms with Crippen molar-refractivity contribution in [3.05, 3.63) is 41.1 Å². The molecule has 3 nitrogen and oxygen atoms in total. The number of hydrogen-bond acceptors (Lipinski definition) is 3. The quantitative estimate of drug-likeness (QED) is 0.902. The summed E-state index contributed by atoms with van der Waals surface area (Å²) in [5.74, 6) is 1.70. The van der Waals surface area contributed by atoms with Gasteiger partial charge in [-0.3, -0.25) is 0 Å². The standard InChI is InChI=1S/C18H25N3/c1-7-19-16-11-15(18(4,5)6)20-17(21-16)14-10-8-9-12(2)13(14)3/h8-11H,7H2,1-6H3,(H,19,20,21). The lowest BCUT2D eigenvalue weighted by Crippen LogP contribution is -2.16. The molecular formula is C18H25N3. The highest BCUT2D eigenvalue weighted by Gasteiger charge is 2.19. The van der Waals surface area contributed by atoms with E-state index in [4.69, 9.17) is 4.98 Å². The lowest BCUT2D eigenvalue weighted by molar-refractivity contribution is 0.568. The second-order valence-corrected chi connectivity index (χ2v) is 6.49. The lowest BCUT2D eigenvalue weighted by Gasteiger charge is -2.20. The Bertz CT molecular complexity index is 639. The van der Waals surface area contributed by atoms with Crippen LogP contribution in [0.4, 0.5) is 5.82 Å². The Labute approximate surface area is 127 Å². The Hall–Kier alpha value is -1.90. The van der Waals surface area contributed by atoms with Crippen LogP contribution in [0.5, 0.6) is 0 Å². The highest BCUT2D eigenvalue weighted by Crippen LogP contribution is 2.28. The van der Waals surface area contributed by atoms with Crippen molar-refractivity contribution in [3.8, 4) is 11.4 Å². The topological polar surface area (TPSA) is 37.8 Å². The zero-order valence-corrected chi connectivity index (χ0v) is 13.9. The van der Waals surface area contributed by atoms with Crippen LogP contribution in [0.25, 0.3) is 11.4 Å². The average Bonchev–Trinajstić information content (AvgIpc) is 2.41. The minimum Gasteiger partial charge on any atom is -0.370 e. The van der Waals surface area contributed by atoms with Gasteiger partial charge in [-0.2, -0.15) is 0 Å². The summed E-state index contributed by atoms with van der Waals surface area (Å²) in [6.07, 6.45) is 0. The van der Waals surface area contributed by atoms with E-state index in [1.165, 1.54) is 11.1 Å². The molecule has 2 rings (SSSR count). The third-order valence-corrected chi connectivity index (χ3v) is 3.70. The summed E-state index contributed by atoms with van der Waals surface area (Å²) >= 11 is 0. The average molecular weight is 283 g/mol. The van der Waals surface area contributed by atoms with Crippen molar-refractivity contribution in [2.24, 2.45) is 0 Å². The fourth-order valence-electron chi connectivity index (χ4n) is 2.22. The third kappa shape index (κ3) is 3.41. The number of anilines is 1. The molecule has 112 valence electrons. The molecule has 1 aromatic heterocycles. The minimum absolute atomic E-state index is 0.000406. The molecule has 0 aliphatic heterocycles. The number of aromatic nitrogens is 2. The first-order chi connectivity index (χ1) is 9.82. The van der Waals surface area contributed by atoms with E-state index in [-0.39, 0.29) is 5.41 Å². The maximum atomic E-state index is 4.81. The van der Waals surface area contributed by atoms with E-state index in [0.29, 0.717) is 0 Å². The molecule has 0 fully saturated rings. The van der Waals surface area contributed by atoms with Crippen LogP contribution in [0.1, 0.15) is 44.5 Å². The van der Waals surface area contributed by atoms with Gasteiger partial charge in [0.05, 0.1) is 5.69 Å². The smallest absolute Gasteiger partial charge is 0.162 e. The molecule has 1 N–H and O–H groups in total. The van der Waals surface area contributed by atoms with Gasteiger partial charge >= 0.3 is 0 Å². The van der Waals surface area contributed by atoms with Crippen LogP contribution in [-0.2, 0) is 5.41 Å². The predicted octanol–water partition coefficient (Wildman–Crippen LogP) is 4.49. The second-order valence-electron chi connectivity index (χ2n) is 6.49. The van der Waals surface area contributed by atoms with E-state index in [9.17, 15) is 0 Å². The van der Waals surface area contributed by atoms with Gasteiger partial charge in [0, 0.05) is 23.6 Å². The Morgan fingerprint density at radius 1 is 1.10 bits per heavy atom. The van der Waals surface area contributed by atoms with E-state index in [1.54, 1.807) is 0 Å². The van der Waals surface area contributed by atoms with Crippen molar-refractivity contribution in [2.45, 2.75) is 47.0 Å². The molecule has 2 aromatic rings. The van der Waals surface area contributed by atoms with E-state index in [1.807, 2.05) is 0 Å². The summed E-state index contributed by atoms with van der Waals surface area (Å²) in [7, 11) is 0. The molecular weight excluding hydrogens is 258 g/mol. The van der Waals surface area contributed by atoms with Gasteiger partial charge in [-0.1, -0.05) is 39.0 Å². The van der Waals surface area contributed by atoms with E-state index in [2.05, 4.69) is 76.1 Å². The van der Waals surface area contributed by atoms with E-state index < -0.39 is 0 Å². The van der Waals surface area contributed by atoms with Gasteiger partial charge in [-0.25, -0.2) is 9.97 Å². The molecule has 3 heteroatoms. The lowest BCUT2D eigenvalue weighted by atomic mass is 9.91. The molecule has 1 aromatic carbocycles. The van der Waals surface area contributed by atoms with Gasteiger partial charge in [-0.15, -0.1) is 0 Å². The molecule has 0 atom stereocenters. The molecule has 0 aliphatic rings. The largest absolute Gasteiger partial charge is 0.370 e. The normalized spacial score (nSPS) is 11.5. The minimum atomic E-state index is -0.000406. The Kier molecular flexibility index (Phi) is 4.31. The number of benzene rings is 1. The molecule has 0 aliphatic carbocycles. The zero-order valence-electron chi connectivity index (χ0n) is 13.9. The fraction of sp³-hybridized carbons (Fsp3) is 0.444. The van der Waals surface area contributed by atoms with Gasteiger partial charge in [0.1, 0.15) is 5.82 Å². The van der Waals surface area contributed by atoms with Crippen LogP contribution < -0.4 is 5.32 Å². The summed E-state index contributed by atoms with van der Waals surface area (Å²) in [6, 6.07) is 8.34. The van der Waals surface area contributed by atoms with E-state index in [0.717, 1.165) is 29.4 Å². The van der Waals surface area contributed by atoms with Crippen LogP contribution in [-0.4, -0.2) is 16.5 Å². The van der Waals surface area contributed by atoms with Gasteiger partial charge in [-0.05, 0) is 31.9 Å². The third-order valence-electron chi connectivity index (χ3n) is 3.70. The van der Waals surface area contributed by atoms with Crippen molar-refractivity contribution in [3.63, 3.8) is 0 Å². The number of aryl methyl sites for hydroxylation is 1. The summed E-state index contributed by atoms with van der Waals surface area (Å²) in [6.45, 7) is 13.7. The number of rotatable bonds is 3. The summed E-state index contributed by atoms with van der Waals surface area (Å²) in [5.41, 5.74) is 4.68. The van der Waals surface area contributed by atoms with E-state index >= 15 is 0 Å². The first kappa shape index (κ1) is 15.5. The summed E-state index contributed by atoms with van der Waals surface area (Å²) in [5, 5.41) is 3.31. The van der Waals surface area contributed by atoms with Crippen molar-refractivity contribution >= 4 is 5.82 Å². The van der Waals surface area contributed by atoms with Gasteiger partial charge in [0.25, 0.3) is 0 Å². The Morgan fingerprint density at radius 3 is 2.43 bits per heavy atom. The first-order valence-electron chi connectivity index (χ1n) is 7.53. The van der Waals surface area contributed by atoms with Gasteiger partial charge in [0.15, 0.2) is 5.82 Å². The maximum Gasteiger partial charge on any atom is 0.162 e. The van der Waals surface area contributed by atoms with Crippen LogP contribution >= 0.6 is 0 Å². The van der Waals surface area contributed by atoms with Crippen LogP contribution in [0, 0.1) is 13.8 Å². The number of nitrogens with one attached hydrogen (secondary N) is 1. The first-order valence-corrected chi connectivity index (χ1v) is 7.53. The van der Waals surface area contributed by atoms with Crippen molar-refractivity contribution in [2.75, 3.05) is 11.9 Å². The molecule has 0 amide bonds. The fourth-order valence-corrected chi connectivity index (χ4v) is 2.22. The molecule has 0 radical (unpaired) electrons. The monoisotopic (exact) mass is 283 g/mol. The molecule has 0 unspecified atom stereocenters. The van der Waals surface area contributed by atoms with Crippen LogP contribution in [0.15, 0.2) is 24.3 Å². The van der Waals surface area contributed by atoms with Crippen LogP contribution in [0.2, 0.25) is 0 Å². The molecule has 0 bridgehead atoms. The van der Waals surface area contributed by atoms with Crippen molar-refractivity contribution < 1.29 is 0 Å². The van der Waals surface area contributed by atoms with Crippen LogP contribution in [0.3, 0.4) is 0 Å². The Balaban J connectivity index is 2.62. The molecule has 0 spiro atoms. The Morgan fingerprint density at radius 2 is 1.81 bits per heavy atom. The molecule has 0 saturated carbocycles. The number of hydrogen-bond donors (Lipinski definition) is 1. The van der Waals surface area contributed by atoms with Gasteiger partial charge in [0.2, 0.25) is 0 Å². The molecule has 21 heavy (non-hydrogen) atoms. The second kappa shape index (κ2) is 5.84. The molecule has 0 saturated heterocycles. The maximum absolute atomic E-state index is 4.81. The molecule has 1 heterocycles. The summed E-state index contributed by atoms with van der Waals surface area (Å²) in [4.78, 5) is 9.49. The highest BCUT2D eigenvalue weighted by atomic mass is 15.0. The zero-order chi connectivity index (χ0) is 15.6. The highest BCUT2D eigenvalue weighted by molar-refractivity contribution is 5.63. The SMILES string of the molecule is CCNc1cc(C(C)(C)C)nc(-c2cccc(C)c2C)n1. The van der Waals surface area contributed by atoms with Gasteiger partial charge < -0.3 is 5.32 Å². The summed E-state index contributed by atoms with van der Waals surface area (Å²) < 4.78 is 0. The predicted molar refractivity (Wildman–Crippen MR) is 89.8 cm³/mol. The number of nitrogens with zero attached hydrogens (tertiary/aromatic N) is 2. The van der Waals surface area contributed by atoms with Crippen molar-refractivity contribution in [1.82, 2.24) is 9.97 Å².